The Morgan fingerprint density at radius 1 is 1.27 bits per heavy atom. The lowest BCUT2D eigenvalue weighted by atomic mass is 10.3. The molecule has 3 rings (SSSR count). The third-order valence-electron chi connectivity index (χ3n) is 3.51. The summed E-state index contributed by atoms with van der Waals surface area (Å²) in [6.45, 7) is 6.69. The Hall–Kier alpha value is -2.44. The van der Waals surface area contributed by atoms with Crippen LogP contribution in [-0.4, -0.2) is 45.1 Å². The number of hydrogen-bond acceptors (Lipinski definition) is 6. The molecule has 1 fully saturated rings. The van der Waals surface area contributed by atoms with Gasteiger partial charge in [-0.25, -0.2) is 9.97 Å². The number of rotatable bonds is 3. The zero-order valence-electron chi connectivity index (χ0n) is 12.9. The van der Waals surface area contributed by atoms with Gasteiger partial charge in [-0.3, -0.25) is 4.79 Å². The van der Waals surface area contributed by atoms with E-state index in [0.717, 1.165) is 17.8 Å². The molecule has 1 unspecified atom stereocenters. The number of carbonyl (C=O) groups is 1. The van der Waals surface area contributed by atoms with Crippen molar-refractivity contribution in [2.24, 2.45) is 0 Å². The summed E-state index contributed by atoms with van der Waals surface area (Å²) in [5.41, 5.74) is 2.07. The molecule has 2 aromatic rings. The number of amides is 1. The summed E-state index contributed by atoms with van der Waals surface area (Å²) in [6.07, 6.45) is 0.650. The van der Waals surface area contributed by atoms with Crippen molar-refractivity contribution in [3.05, 3.63) is 35.0 Å². The van der Waals surface area contributed by atoms with Gasteiger partial charge in [0.25, 0.3) is 5.91 Å². The van der Waals surface area contributed by atoms with Crippen LogP contribution in [0.2, 0.25) is 0 Å². The molecule has 0 aliphatic carbocycles. The summed E-state index contributed by atoms with van der Waals surface area (Å²) in [7, 11) is 0. The maximum Gasteiger partial charge on any atom is 0.317 e. The highest BCUT2D eigenvalue weighted by atomic mass is 16.5. The van der Waals surface area contributed by atoms with Crippen molar-refractivity contribution in [3.63, 3.8) is 0 Å². The molecule has 1 aliphatic heterocycles. The molecule has 2 aromatic heterocycles. The predicted molar refractivity (Wildman–Crippen MR) is 77.7 cm³/mol. The molecule has 0 bridgehead atoms. The van der Waals surface area contributed by atoms with Gasteiger partial charge >= 0.3 is 6.01 Å². The molecular weight excluding hydrogens is 284 g/mol. The number of ether oxygens (including phenoxy) is 1. The van der Waals surface area contributed by atoms with Gasteiger partial charge in [0.1, 0.15) is 11.9 Å². The first-order valence-electron chi connectivity index (χ1n) is 7.23. The van der Waals surface area contributed by atoms with Crippen molar-refractivity contribution >= 4 is 5.91 Å². The minimum absolute atomic E-state index is 0.0989. The van der Waals surface area contributed by atoms with Crippen molar-refractivity contribution in [1.29, 1.82) is 0 Å². The number of aryl methyl sites for hydroxylation is 3. The van der Waals surface area contributed by atoms with Gasteiger partial charge in [0.2, 0.25) is 0 Å². The van der Waals surface area contributed by atoms with Gasteiger partial charge < -0.3 is 14.2 Å². The minimum Gasteiger partial charge on any atom is -0.458 e. The number of hydrogen-bond donors (Lipinski definition) is 0. The molecule has 0 saturated carbocycles. The Balaban J connectivity index is 1.63. The normalized spacial score (nSPS) is 17.8. The molecule has 0 aromatic carbocycles. The lowest BCUT2D eigenvalue weighted by Gasteiger charge is -2.15. The van der Waals surface area contributed by atoms with E-state index in [1.54, 1.807) is 17.9 Å². The SMILES string of the molecule is Cc1cc(C)nc(OC2CCN(C(=O)c3cc(C)on3)C2)n1. The van der Waals surface area contributed by atoms with Gasteiger partial charge in [-0.1, -0.05) is 5.16 Å². The third-order valence-corrected chi connectivity index (χ3v) is 3.51. The highest BCUT2D eigenvalue weighted by Crippen LogP contribution is 2.18. The molecule has 22 heavy (non-hydrogen) atoms. The molecule has 3 heterocycles. The Bertz CT molecular complexity index is 678. The molecule has 7 nitrogen and oxygen atoms in total. The molecular formula is C15H18N4O3. The van der Waals surface area contributed by atoms with E-state index in [-0.39, 0.29) is 12.0 Å². The summed E-state index contributed by atoms with van der Waals surface area (Å²) in [5.74, 6) is 0.489. The van der Waals surface area contributed by atoms with Crippen LogP contribution < -0.4 is 4.74 Å². The number of nitrogens with zero attached hydrogens (tertiary/aromatic N) is 4. The fourth-order valence-corrected chi connectivity index (χ4v) is 2.53. The van der Waals surface area contributed by atoms with Gasteiger partial charge in [-0.15, -0.1) is 0 Å². The van der Waals surface area contributed by atoms with Crippen molar-refractivity contribution in [1.82, 2.24) is 20.0 Å². The molecule has 0 N–H and O–H groups in total. The molecule has 0 spiro atoms. The van der Waals surface area contributed by atoms with Gasteiger partial charge in [-0.2, -0.15) is 0 Å². The van der Waals surface area contributed by atoms with Crippen LogP contribution in [0.25, 0.3) is 0 Å². The quantitative estimate of drug-likeness (QED) is 0.858. The van der Waals surface area contributed by atoms with Crippen LogP contribution in [0.3, 0.4) is 0 Å². The van der Waals surface area contributed by atoms with Crippen molar-refractivity contribution in [3.8, 4) is 6.01 Å². The summed E-state index contributed by atoms with van der Waals surface area (Å²) in [6, 6.07) is 3.91. The fourth-order valence-electron chi connectivity index (χ4n) is 2.53. The Morgan fingerprint density at radius 3 is 2.64 bits per heavy atom. The second-order valence-corrected chi connectivity index (χ2v) is 5.54. The van der Waals surface area contributed by atoms with Crippen LogP contribution in [0.15, 0.2) is 16.7 Å². The van der Waals surface area contributed by atoms with E-state index in [2.05, 4.69) is 15.1 Å². The molecule has 1 aliphatic rings. The third kappa shape index (κ3) is 3.08. The van der Waals surface area contributed by atoms with Crippen LogP contribution >= 0.6 is 0 Å². The number of carbonyl (C=O) groups excluding carboxylic acids is 1. The smallest absolute Gasteiger partial charge is 0.317 e. The standard InChI is InChI=1S/C15H18N4O3/c1-9-6-10(2)17-15(16-9)21-12-4-5-19(8-12)14(20)13-7-11(3)22-18-13/h6-7,12H,4-5,8H2,1-3H3. The van der Waals surface area contributed by atoms with E-state index >= 15 is 0 Å². The van der Waals surface area contributed by atoms with Crippen LogP contribution in [-0.2, 0) is 0 Å². The summed E-state index contributed by atoms with van der Waals surface area (Å²) in [5, 5.41) is 3.76. The molecule has 0 radical (unpaired) electrons. The largest absolute Gasteiger partial charge is 0.458 e. The maximum atomic E-state index is 12.3. The van der Waals surface area contributed by atoms with E-state index in [0.29, 0.717) is 30.6 Å². The van der Waals surface area contributed by atoms with E-state index in [9.17, 15) is 4.79 Å². The summed E-state index contributed by atoms with van der Waals surface area (Å²) in [4.78, 5) is 22.5. The van der Waals surface area contributed by atoms with Crippen molar-refractivity contribution in [2.75, 3.05) is 13.1 Å². The second kappa shape index (κ2) is 5.75. The zero-order chi connectivity index (χ0) is 15.7. The van der Waals surface area contributed by atoms with Crippen LogP contribution in [0.4, 0.5) is 0 Å². The van der Waals surface area contributed by atoms with Gasteiger partial charge in [0, 0.05) is 30.4 Å². The van der Waals surface area contributed by atoms with E-state index < -0.39 is 0 Å². The number of likely N-dealkylation sites (tertiary alicyclic amines) is 1. The van der Waals surface area contributed by atoms with Crippen molar-refractivity contribution < 1.29 is 14.1 Å². The van der Waals surface area contributed by atoms with Gasteiger partial charge in [0.05, 0.1) is 6.54 Å². The van der Waals surface area contributed by atoms with Crippen LogP contribution in [0.1, 0.15) is 34.1 Å². The Morgan fingerprint density at radius 2 is 2.00 bits per heavy atom. The Kier molecular flexibility index (Phi) is 3.79. The average molecular weight is 302 g/mol. The van der Waals surface area contributed by atoms with E-state index in [1.165, 1.54) is 0 Å². The van der Waals surface area contributed by atoms with E-state index in [1.807, 2.05) is 19.9 Å². The molecule has 1 saturated heterocycles. The lowest BCUT2D eigenvalue weighted by molar-refractivity contribution is 0.0759. The first-order valence-corrected chi connectivity index (χ1v) is 7.23. The minimum atomic E-state index is -0.135. The monoisotopic (exact) mass is 302 g/mol. The van der Waals surface area contributed by atoms with Gasteiger partial charge in [0.15, 0.2) is 5.69 Å². The topological polar surface area (TPSA) is 81.4 Å². The lowest BCUT2D eigenvalue weighted by Crippen LogP contribution is -2.31. The predicted octanol–water partition coefficient (Wildman–Crippen LogP) is 1.68. The summed E-state index contributed by atoms with van der Waals surface area (Å²) >= 11 is 0. The second-order valence-electron chi connectivity index (χ2n) is 5.54. The highest BCUT2D eigenvalue weighted by Gasteiger charge is 2.30. The maximum absolute atomic E-state index is 12.3. The van der Waals surface area contributed by atoms with E-state index in [4.69, 9.17) is 9.26 Å². The van der Waals surface area contributed by atoms with Crippen molar-refractivity contribution in [2.45, 2.75) is 33.3 Å². The molecule has 1 amide bonds. The summed E-state index contributed by atoms with van der Waals surface area (Å²) < 4.78 is 10.7. The first kappa shape index (κ1) is 14.5. The average Bonchev–Trinajstić information content (AvgIpc) is 3.06. The molecule has 116 valence electrons. The van der Waals surface area contributed by atoms with Crippen LogP contribution in [0.5, 0.6) is 6.01 Å². The van der Waals surface area contributed by atoms with Gasteiger partial charge in [-0.05, 0) is 26.8 Å². The first-order chi connectivity index (χ1) is 10.5. The number of aromatic nitrogens is 3. The van der Waals surface area contributed by atoms with Crippen LogP contribution in [0, 0.1) is 20.8 Å². The Labute approximate surface area is 128 Å². The molecule has 7 heteroatoms. The highest BCUT2D eigenvalue weighted by molar-refractivity contribution is 5.92. The zero-order valence-corrected chi connectivity index (χ0v) is 12.9. The molecule has 1 atom stereocenters. The fraction of sp³-hybridized carbons (Fsp3) is 0.467.